The zero-order valence-corrected chi connectivity index (χ0v) is 18.0. The van der Waals surface area contributed by atoms with E-state index in [1.165, 1.54) is 0 Å². The number of likely N-dealkylation sites (N-methyl/N-ethyl adjacent to an activating group) is 1. The number of nitrogens with one attached hydrogen (secondary N) is 1. The average molecular weight is 421 g/mol. The molecule has 0 spiro atoms. The van der Waals surface area contributed by atoms with Crippen LogP contribution < -0.4 is 10.2 Å². The molecule has 0 atom stereocenters. The van der Waals surface area contributed by atoms with Crippen molar-refractivity contribution in [3.05, 3.63) is 66.1 Å². The minimum absolute atomic E-state index is 0.113. The molecule has 0 aromatic carbocycles. The van der Waals surface area contributed by atoms with Gasteiger partial charge >= 0.3 is 0 Å². The summed E-state index contributed by atoms with van der Waals surface area (Å²) in [7, 11) is 3.82. The van der Waals surface area contributed by atoms with Crippen molar-refractivity contribution in [2.75, 3.05) is 51.7 Å². The second-order valence-corrected chi connectivity index (χ2v) is 8.05. The second-order valence-electron chi connectivity index (χ2n) is 8.05. The molecule has 0 aliphatic carbocycles. The Bertz CT molecular complexity index is 1050. The smallest absolute Gasteiger partial charge is 0.253 e. The molecular weight excluding hydrogens is 392 g/mol. The molecule has 8 heteroatoms. The summed E-state index contributed by atoms with van der Waals surface area (Å²) in [6.45, 7) is 3.83. The van der Waals surface area contributed by atoms with Crippen LogP contribution in [0.1, 0.15) is 15.9 Å². The summed E-state index contributed by atoms with van der Waals surface area (Å²) in [6.07, 6.45) is 5.32. The molecule has 1 aliphatic rings. The topological polar surface area (TPSA) is 73.2 Å². The van der Waals surface area contributed by atoms with Gasteiger partial charge in [0.25, 0.3) is 5.91 Å². The quantitative estimate of drug-likeness (QED) is 0.654. The van der Waals surface area contributed by atoms with Crippen molar-refractivity contribution < 1.29 is 9.59 Å². The third-order valence-corrected chi connectivity index (χ3v) is 5.50. The van der Waals surface area contributed by atoms with Gasteiger partial charge in [-0.25, -0.2) is 0 Å². The molecule has 0 unspecified atom stereocenters. The molecule has 1 aliphatic heterocycles. The summed E-state index contributed by atoms with van der Waals surface area (Å²) in [6, 6.07) is 11.7. The van der Waals surface area contributed by atoms with Crippen LogP contribution in [0.2, 0.25) is 0 Å². The van der Waals surface area contributed by atoms with Crippen molar-refractivity contribution >= 4 is 23.1 Å². The molecule has 162 valence electrons. The Morgan fingerprint density at radius 2 is 1.71 bits per heavy atom. The first-order valence-electron chi connectivity index (χ1n) is 10.5. The van der Waals surface area contributed by atoms with Gasteiger partial charge in [-0.3, -0.25) is 14.6 Å². The van der Waals surface area contributed by atoms with E-state index in [1.54, 1.807) is 12.4 Å². The highest BCUT2D eigenvalue weighted by Crippen LogP contribution is 2.22. The molecule has 2 amide bonds. The first-order chi connectivity index (χ1) is 15.0. The largest absolute Gasteiger partial charge is 0.354 e. The SMILES string of the molecule is CN(C)CC(=O)N1CCN(c2ccc3ccc(C(=O)NCc4ccncc4)cn23)CC1. The molecule has 3 aromatic heterocycles. The summed E-state index contributed by atoms with van der Waals surface area (Å²) < 4.78 is 2.05. The number of carbonyl (C=O) groups excluding carboxylic acids is 2. The zero-order valence-electron chi connectivity index (χ0n) is 18.0. The van der Waals surface area contributed by atoms with Gasteiger partial charge in [-0.15, -0.1) is 0 Å². The number of fused-ring (bicyclic) bond motifs is 1. The van der Waals surface area contributed by atoms with Crippen LogP contribution in [0, 0.1) is 0 Å². The monoisotopic (exact) mass is 420 g/mol. The molecule has 8 nitrogen and oxygen atoms in total. The number of pyridine rings is 2. The summed E-state index contributed by atoms with van der Waals surface area (Å²) in [5.41, 5.74) is 2.65. The highest BCUT2D eigenvalue weighted by molar-refractivity contribution is 5.94. The Morgan fingerprint density at radius 1 is 1.00 bits per heavy atom. The number of amides is 2. The molecule has 0 bridgehead atoms. The minimum atomic E-state index is -0.113. The van der Waals surface area contributed by atoms with Gasteiger partial charge in [0.15, 0.2) is 0 Å². The lowest BCUT2D eigenvalue weighted by atomic mass is 10.2. The summed E-state index contributed by atoms with van der Waals surface area (Å²) in [5, 5.41) is 2.96. The standard InChI is InChI=1S/C23H28N6O2/c1-26(2)17-22(30)28-13-11-27(12-14-28)21-6-5-20-4-3-19(16-29(20)21)23(31)25-15-18-7-9-24-10-8-18/h3-10,16H,11-15,17H2,1-2H3,(H,25,31). The maximum absolute atomic E-state index is 12.7. The fourth-order valence-electron chi connectivity index (χ4n) is 3.82. The van der Waals surface area contributed by atoms with Gasteiger partial charge in [-0.1, -0.05) is 0 Å². The van der Waals surface area contributed by atoms with Gasteiger partial charge in [-0.05, 0) is 56.1 Å². The van der Waals surface area contributed by atoms with Gasteiger partial charge in [0.1, 0.15) is 5.82 Å². The van der Waals surface area contributed by atoms with Crippen LogP contribution in [-0.2, 0) is 11.3 Å². The number of rotatable bonds is 6. The predicted octanol–water partition coefficient (Wildman–Crippen LogP) is 1.47. The Balaban J connectivity index is 1.44. The molecule has 1 saturated heterocycles. The van der Waals surface area contributed by atoms with E-state index in [1.807, 2.05) is 54.4 Å². The van der Waals surface area contributed by atoms with Gasteiger partial charge in [0, 0.05) is 56.8 Å². The van der Waals surface area contributed by atoms with E-state index in [-0.39, 0.29) is 11.8 Å². The van der Waals surface area contributed by atoms with Crippen LogP contribution in [0.3, 0.4) is 0 Å². The highest BCUT2D eigenvalue weighted by Gasteiger charge is 2.23. The summed E-state index contributed by atoms with van der Waals surface area (Å²) in [5.74, 6) is 1.09. The molecule has 0 saturated carbocycles. The van der Waals surface area contributed by atoms with Crippen molar-refractivity contribution in [2.45, 2.75) is 6.54 Å². The lowest BCUT2D eigenvalue weighted by molar-refractivity contribution is -0.132. The summed E-state index contributed by atoms with van der Waals surface area (Å²) in [4.78, 5) is 35.1. The van der Waals surface area contributed by atoms with Crippen LogP contribution in [0.4, 0.5) is 5.82 Å². The third-order valence-electron chi connectivity index (χ3n) is 5.50. The lowest BCUT2D eigenvalue weighted by Crippen LogP contribution is -2.51. The normalized spacial score (nSPS) is 14.3. The van der Waals surface area contributed by atoms with Crippen molar-refractivity contribution in [2.24, 2.45) is 0 Å². The first kappa shape index (κ1) is 20.9. The van der Waals surface area contributed by atoms with Crippen molar-refractivity contribution in [3.63, 3.8) is 0 Å². The number of nitrogens with zero attached hydrogens (tertiary/aromatic N) is 5. The molecule has 1 N–H and O–H groups in total. The van der Waals surface area contributed by atoms with Crippen LogP contribution >= 0.6 is 0 Å². The third kappa shape index (κ3) is 4.86. The number of anilines is 1. The molecule has 3 aromatic rings. The fourth-order valence-corrected chi connectivity index (χ4v) is 3.82. The van der Waals surface area contributed by atoms with E-state index < -0.39 is 0 Å². The van der Waals surface area contributed by atoms with Crippen LogP contribution in [0.5, 0.6) is 0 Å². The Morgan fingerprint density at radius 3 is 2.42 bits per heavy atom. The van der Waals surface area contributed by atoms with Crippen molar-refractivity contribution in [3.8, 4) is 0 Å². The maximum atomic E-state index is 12.7. The number of aromatic nitrogens is 2. The molecule has 1 fully saturated rings. The molecule has 4 heterocycles. The van der Waals surface area contributed by atoms with Crippen molar-refractivity contribution in [1.29, 1.82) is 0 Å². The van der Waals surface area contributed by atoms with Crippen molar-refractivity contribution in [1.82, 2.24) is 24.5 Å². The first-order valence-corrected chi connectivity index (χ1v) is 10.5. The minimum Gasteiger partial charge on any atom is -0.354 e. The Kier molecular flexibility index (Phi) is 6.18. The van der Waals surface area contributed by atoms with Gasteiger partial charge in [0.05, 0.1) is 12.1 Å². The van der Waals surface area contributed by atoms with Gasteiger partial charge in [-0.2, -0.15) is 0 Å². The Labute approximate surface area is 182 Å². The predicted molar refractivity (Wildman–Crippen MR) is 120 cm³/mol. The zero-order chi connectivity index (χ0) is 21.8. The molecule has 4 rings (SSSR count). The number of piperazine rings is 1. The molecule has 31 heavy (non-hydrogen) atoms. The highest BCUT2D eigenvalue weighted by atomic mass is 16.2. The van der Waals surface area contributed by atoms with E-state index in [4.69, 9.17) is 0 Å². The lowest BCUT2D eigenvalue weighted by Gasteiger charge is -2.36. The van der Waals surface area contributed by atoms with E-state index >= 15 is 0 Å². The number of carbonyl (C=O) groups is 2. The van der Waals surface area contributed by atoms with Crippen LogP contribution in [0.25, 0.3) is 5.52 Å². The fraction of sp³-hybridized carbons (Fsp3) is 0.348. The summed E-state index contributed by atoms with van der Waals surface area (Å²) >= 11 is 0. The van der Waals surface area contributed by atoms with Gasteiger partial charge in [0.2, 0.25) is 5.91 Å². The van der Waals surface area contributed by atoms with Crippen LogP contribution in [0.15, 0.2) is 55.0 Å². The number of hydrogen-bond donors (Lipinski definition) is 1. The van der Waals surface area contributed by atoms with E-state index in [9.17, 15) is 9.59 Å². The number of hydrogen-bond acceptors (Lipinski definition) is 5. The van der Waals surface area contributed by atoms with E-state index in [2.05, 4.69) is 31.7 Å². The van der Waals surface area contributed by atoms with E-state index in [0.29, 0.717) is 31.7 Å². The van der Waals surface area contributed by atoms with E-state index in [0.717, 1.165) is 30.0 Å². The maximum Gasteiger partial charge on any atom is 0.253 e. The Hall–Kier alpha value is -3.39. The molecule has 0 radical (unpaired) electrons. The molecular formula is C23H28N6O2. The van der Waals surface area contributed by atoms with Crippen LogP contribution in [-0.4, -0.2) is 77.8 Å². The second kappa shape index (κ2) is 9.18. The van der Waals surface area contributed by atoms with Gasteiger partial charge < -0.3 is 24.4 Å². The average Bonchev–Trinajstić information content (AvgIpc) is 3.21.